The largest absolute Gasteiger partial charge is 0.340 e. The van der Waals surface area contributed by atoms with Gasteiger partial charge in [0.25, 0.3) is 0 Å². The molecule has 0 N–H and O–H groups in total. The highest BCUT2D eigenvalue weighted by Crippen LogP contribution is 2.20. The van der Waals surface area contributed by atoms with E-state index in [9.17, 15) is 9.59 Å². The number of carbonyl (C=O) groups is 2. The third-order valence-corrected chi connectivity index (χ3v) is 3.32. The van der Waals surface area contributed by atoms with Gasteiger partial charge < -0.3 is 4.57 Å². The summed E-state index contributed by atoms with van der Waals surface area (Å²) < 4.78 is 1.73. The number of rotatable bonds is 4. The molecule has 0 radical (unpaired) electrons. The normalized spacial score (nSPS) is 9.78. The van der Waals surface area contributed by atoms with Crippen LogP contribution in [0.5, 0.6) is 0 Å². The molecule has 0 aliphatic carbocycles. The molecule has 2 heterocycles. The summed E-state index contributed by atoms with van der Waals surface area (Å²) in [6.07, 6.45) is 2.51. The third-order valence-electron chi connectivity index (χ3n) is 2.41. The summed E-state index contributed by atoms with van der Waals surface area (Å²) >= 11 is 1.38. The van der Waals surface area contributed by atoms with Gasteiger partial charge in [-0.05, 0) is 34.2 Å². The van der Waals surface area contributed by atoms with Crippen LogP contribution in [0.25, 0.3) is 10.4 Å². The first-order valence-corrected chi connectivity index (χ1v) is 5.90. The van der Waals surface area contributed by atoms with Crippen LogP contribution in [-0.2, 0) is 6.54 Å². The molecule has 2 aromatic heterocycles. The first-order chi connectivity index (χ1) is 8.76. The second kappa shape index (κ2) is 5.31. The van der Waals surface area contributed by atoms with Gasteiger partial charge in [-0.2, -0.15) is 0 Å². The van der Waals surface area contributed by atoms with Gasteiger partial charge in [-0.3, -0.25) is 9.59 Å². The molecule has 0 aliphatic rings. The molecule has 0 atom stereocenters. The lowest BCUT2D eigenvalue weighted by Crippen LogP contribution is -2.04. The Balaban J connectivity index is 2.30. The average molecular weight is 260 g/mol. The van der Waals surface area contributed by atoms with E-state index < -0.39 is 5.91 Å². The van der Waals surface area contributed by atoms with Gasteiger partial charge in [0.1, 0.15) is 0 Å². The van der Waals surface area contributed by atoms with Gasteiger partial charge in [-0.1, -0.05) is 0 Å². The summed E-state index contributed by atoms with van der Waals surface area (Å²) in [5.41, 5.74) is 9.17. The zero-order chi connectivity index (χ0) is 13.0. The molecule has 1 amide bonds. The Morgan fingerprint density at radius 3 is 3.11 bits per heavy atom. The minimum absolute atomic E-state index is 0.378. The predicted molar refractivity (Wildman–Crippen MR) is 66.7 cm³/mol. The number of aldehydes is 1. The van der Waals surface area contributed by atoms with Gasteiger partial charge in [0, 0.05) is 21.5 Å². The van der Waals surface area contributed by atoms with E-state index in [-0.39, 0.29) is 0 Å². The fourth-order valence-electron chi connectivity index (χ4n) is 1.58. The van der Waals surface area contributed by atoms with E-state index in [1.807, 2.05) is 0 Å². The Bertz CT molecular complexity index is 637. The Labute approximate surface area is 106 Å². The number of amides is 1. The van der Waals surface area contributed by atoms with Crippen LogP contribution in [-0.4, -0.2) is 16.8 Å². The highest BCUT2D eigenvalue weighted by atomic mass is 32.1. The molecule has 0 aliphatic heterocycles. The number of thiophene rings is 1. The van der Waals surface area contributed by atoms with E-state index in [2.05, 4.69) is 10.0 Å². The van der Waals surface area contributed by atoms with Crippen molar-refractivity contribution in [2.24, 2.45) is 5.11 Å². The summed E-state index contributed by atoms with van der Waals surface area (Å²) in [5, 5.41) is 4.82. The van der Waals surface area contributed by atoms with Gasteiger partial charge >= 0.3 is 0 Å². The van der Waals surface area contributed by atoms with Gasteiger partial charge in [0.05, 0.1) is 12.2 Å². The number of azide groups is 1. The fraction of sp³-hybridized carbons (Fsp3) is 0.0909. The SMILES string of the molecule is [N-]=[N+]=NC(=O)c1ccsc1Cn1cccc1C=O. The minimum Gasteiger partial charge on any atom is -0.340 e. The van der Waals surface area contributed by atoms with Gasteiger partial charge in [0.15, 0.2) is 6.29 Å². The number of hydrogen-bond donors (Lipinski definition) is 0. The molecular weight excluding hydrogens is 252 g/mol. The van der Waals surface area contributed by atoms with Crippen molar-refractivity contribution in [3.8, 4) is 0 Å². The summed E-state index contributed by atoms with van der Waals surface area (Å²) in [6, 6.07) is 5.06. The second-order valence-electron chi connectivity index (χ2n) is 3.43. The van der Waals surface area contributed by atoms with E-state index in [4.69, 9.17) is 5.53 Å². The van der Waals surface area contributed by atoms with Crippen molar-refractivity contribution < 1.29 is 9.59 Å². The summed E-state index contributed by atoms with van der Waals surface area (Å²) in [5.74, 6) is -0.603. The van der Waals surface area contributed by atoms with Crippen LogP contribution >= 0.6 is 11.3 Å². The van der Waals surface area contributed by atoms with Crippen LogP contribution in [0.15, 0.2) is 34.9 Å². The monoisotopic (exact) mass is 260 g/mol. The quantitative estimate of drug-likeness (QED) is 0.366. The Morgan fingerprint density at radius 1 is 1.56 bits per heavy atom. The topological polar surface area (TPSA) is 87.8 Å². The molecule has 90 valence electrons. The highest BCUT2D eigenvalue weighted by molar-refractivity contribution is 7.10. The van der Waals surface area contributed by atoms with Crippen molar-refractivity contribution >= 4 is 23.5 Å². The molecule has 2 aromatic rings. The number of aromatic nitrogens is 1. The second-order valence-corrected chi connectivity index (χ2v) is 4.43. The van der Waals surface area contributed by atoms with Crippen molar-refractivity contribution in [2.75, 3.05) is 0 Å². The molecule has 0 saturated carbocycles. The van der Waals surface area contributed by atoms with Crippen LogP contribution in [0.1, 0.15) is 25.7 Å². The van der Waals surface area contributed by atoms with Gasteiger partial charge in [-0.25, -0.2) is 0 Å². The smallest absolute Gasteiger partial charge is 0.250 e. The molecule has 0 aromatic carbocycles. The van der Waals surface area contributed by atoms with Crippen LogP contribution in [0, 0.1) is 0 Å². The molecule has 18 heavy (non-hydrogen) atoms. The van der Waals surface area contributed by atoms with Crippen molar-refractivity contribution in [1.29, 1.82) is 0 Å². The molecule has 6 nitrogen and oxygen atoms in total. The van der Waals surface area contributed by atoms with Crippen molar-refractivity contribution in [3.63, 3.8) is 0 Å². The van der Waals surface area contributed by atoms with E-state index in [1.54, 1.807) is 34.3 Å². The van der Waals surface area contributed by atoms with Gasteiger partial charge in [-0.15, -0.1) is 11.3 Å². The first kappa shape index (κ1) is 12.1. The van der Waals surface area contributed by atoms with Crippen LogP contribution in [0.2, 0.25) is 0 Å². The van der Waals surface area contributed by atoms with E-state index in [0.717, 1.165) is 11.2 Å². The zero-order valence-electron chi connectivity index (χ0n) is 9.18. The maximum atomic E-state index is 11.5. The maximum absolute atomic E-state index is 11.5. The molecule has 0 saturated heterocycles. The molecule has 0 unspecified atom stereocenters. The number of carbonyl (C=O) groups excluding carboxylic acids is 2. The Hall–Kier alpha value is -2.37. The third kappa shape index (κ3) is 2.32. The molecule has 7 heteroatoms. The van der Waals surface area contributed by atoms with Crippen molar-refractivity contribution in [1.82, 2.24) is 4.57 Å². The summed E-state index contributed by atoms with van der Waals surface area (Å²) in [6.45, 7) is 0.404. The first-order valence-electron chi connectivity index (χ1n) is 5.02. The Kier molecular flexibility index (Phi) is 3.57. The molecule has 2 rings (SSSR count). The number of hydrogen-bond acceptors (Lipinski definition) is 3. The zero-order valence-corrected chi connectivity index (χ0v) is 10.0. The Morgan fingerprint density at radius 2 is 2.39 bits per heavy atom. The van der Waals surface area contributed by atoms with E-state index >= 15 is 0 Å². The molecule has 0 bridgehead atoms. The standard InChI is InChI=1S/C11H8N4O2S/c12-14-13-11(17)9-3-5-18-10(9)6-15-4-1-2-8(15)7-16/h1-5,7H,6H2. The lowest BCUT2D eigenvalue weighted by atomic mass is 10.2. The van der Waals surface area contributed by atoms with Crippen molar-refractivity contribution in [3.05, 3.63) is 56.4 Å². The number of nitrogens with zero attached hydrogens (tertiary/aromatic N) is 4. The van der Waals surface area contributed by atoms with Crippen LogP contribution < -0.4 is 0 Å². The summed E-state index contributed by atoms with van der Waals surface area (Å²) in [7, 11) is 0. The fourth-order valence-corrected chi connectivity index (χ4v) is 2.45. The highest BCUT2D eigenvalue weighted by Gasteiger charge is 2.12. The lowest BCUT2D eigenvalue weighted by Gasteiger charge is -2.04. The maximum Gasteiger partial charge on any atom is 0.250 e. The van der Waals surface area contributed by atoms with Crippen molar-refractivity contribution in [2.45, 2.75) is 6.54 Å². The van der Waals surface area contributed by atoms with Crippen LogP contribution in [0.4, 0.5) is 0 Å². The van der Waals surface area contributed by atoms with Gasteiger partial charge in [0.2, 0.25) is 5.91 Å². The molecule has 0 fully saturated rings. The van der Waals surface area contributed by atoms with E-state index in [0.29, 0.717) is 17.8 Å². The predicted octanol–water partition coefficient (Wildman–Crippen LogP) is 2.86. The van der Waals surface area contributed by atoms with E-state index in [1.165, 1.54) is 11.3 Å². The lowest BCUT2D eigenvalue weighted by molar-refractivity contribution is 0.0999. The summed E-state index contributed by atoms with van der Waals surface area (Å²) in [4.78, 5) is 25.5. The van der Waals surface area contributed by atoms with Crippen LogP contribution in [0.3, 0.4) is 0 Å². The average Bonchev–Trinajstić information content (AvgIpc) is 2.98. The molecule has 0 spiro atoms. The molecular formula is C11H8N4O2S. The minimum atomic E-state index is -0.603.